The maximum Gasteiger partial charge on any atom is 0.270 e. The topological polar surface area (TPSA) is 109 Å². The molecular formula is C18H19N7O2. The van der Waals surface area contributed by atoms with Crippen molar-refractivity contribution in [3.63, 3.8) is 0 Å². The molecule has 0 unspecified atom stereocenters. The number of hydrogen-bond donors (Lipinski definition) is 2. The van der Waals surface area contributed by atoms with Gasteiger partial charge in [0.1, 0.15) is 5.69 Å². The molecule has 1 saturated heterocycles. The summed E-state index contributed by atoms with van der Waals surface area (Å²) in [6, 6.07) is 14.4. The lowest BCUT2D eigenvalue weighted by atomic mass is 10.0. The van der Waals surface area contributed by atoms with Gasteiger partial charge in [0, 0.05) is 19.3 Å². The Morgan fingerprint density at radius 2 is 1.96 bits per heavy atom. The molecule has 9 nitrogen and oxygen atoms in total. The second-order valence-corrected chi connectivity index (χ2v) is 6.32. The highest BCUT2D eigenvalue weighted by Crippen LogP contribution is 2.20. The standard InChI is InChI=1S/C18H19N7O2/c26-16-12-24(18-21-22-23-25(18)13-6-2-1-3-7-13)11-9-14(16)20-17(27)15-8-4-5-10-19-15/h1-8,10,14,16,26H,9,11-12H2,(H,20,27)/t14-,16-/m1/s1. The number of aliphatic hydroxyl groups excluding tert-OH is 1. The Bertz CT molecular complexity index is 900. The third kappa shape index (κ3) is 3.63. The predicted octanol–water partition coefficient (Wildman–Crippen LogP) is 0.427. The second kappa shape index (κ2) is 7.50. The second-order valence-electron chi connectivity index (χ2n) is 6.32. The monoisotopic (exact) mass is 365 g/mol. The number of benzene rings is 1. The molecule has 1 aliphatic heterocycles. The Morgan fingerprint density at radius 1 is 1.15 bits per heavy atom. The Balaban J connectivity index is 1.44. The van der Waals surface area contributed by atoms with Gasteiger partial charge in [-0.15, -0.1) is 0 Å². The van der Waals surface area contributed by atoms with Gasteiger partial charge in [-0.05, 0) is 41.1 Å². The van der Waals surface area contributed by atoms with Crippen LogP contribution in [-0.2, 0) is 0 Å². The number of aromatic nitrogens is 5. The van der Waals surface area contributed by atoms with Crippen LogP contribution in [0, 0.1) is 0 Å². The van der Waals surface area contributed by atoms with Crippen LogP contribution >= 0.6 is 0 Å². The Morgan fingerprint density at radius 3 is 2.70 bits per heavy atom. The van der Waals surface area contributed by atoms with Crippen LogP contribution in [-0.4, -0.2) is 61.4 Å². The van der Waals surface area contributed by atoms with Crippen molar-refractivity contribution >= 4 is 11.9 Å². The van der Waals surface area contributed by atoms with Crippen LogP contribution in [0.2, 0.25) is 0 Å². The number of tetrazole rings is 1. The van der Waals surface area contributed by atoms with E-state index in [4.69, 9.17) is 0 Å². The molecule has 3 aromatic rings. The number of para-hydroxylation sites is 1. The lowest BCUT2D eigenvalue weighted by Crippen LogP contribution is -2.54. The number of hydrogen-bond acceptors (Lipinski definition) is 7. The Hall–Kier alpha value is -3.33. The summed E-state index contributed by atoms with van der Waals surface area (Å²) in [5.41, 5.74) is 1.18. The molecule has 9 heteroatoms. The Kier molecular flexibility index (Phi) is 4.75. The van der Waals surface area contributed by atoms with Gasteiger partial charge in [-0.2, -0.15) is 4.68 Å². The van der Waals surface area contributed by atoms with Crippen molar-refractivity contribution in [1.29, 1.82) is 0 Å². The molecule has 0 spiro atoms. The molecule has 1 aliphatic rings. The number of nitrogens with one attached hydrogen (secondary N) is 1. The summed E-state index contributed by atoms with van der Waals surface area (Å²) in [6.45, 7) is 0.928. The zero-order chi connectivity index (χ0) is 18.6. The molecule has 0 saturated carbocycles. The van der Waals surface area contributed by atoms with Crippen LogP contribution in [0.15, 0.2) is 54.7 Å². The van der Waals surface area contributed by atoms with Crippen molar-refractivity contribution in [2.24, 2.45) is 0 Å². The average Bonchev–Trinajstić information content (AvgIpc) is 3.21. The van der Waals surface area contributed by atoms with Crippen molar-refractivity contribution in [2.45, 2.75) is 18.6 Å². The first-order valence-corrected chi connectivity index (χ1v) is 8.71. The number of carbonyl (C=O) groups is 1. The van der Waals surface area contributed by atoms with Gasteiger partial charge in [-0.25, -0.2) is 0 Å². The predicted molar refractivity (Wildman–Crippen MR) is 97.5 cm³/mol. The normalized spacial score (nSPS) is 19.7. The number of rotatable bonds is 4. The molecule has 138 valence electrons. The van der Waals surface area contributed by atoms with E-state index in [1.54, 1.807) is 29.1 Å². The molecule has 0 bridgehead atoms. The first-order valence-electron chi connectivity index (χ1n) is 8.71. The van der Waals surface area contributed by atoms with Gasteiger partial charge in [0.25, 0.3) is 5.91 Å². The highest BCUT2D eigenvalue weighted by Gasteiger charge is 2.31. The molecule has 1 aromatic carbocycles. The van der Waals surface area contributed by atoms with Gasteiger partial charge in [0.15, 0.2) is 0 Å². The zero-order valence-corrected chi connectivity index (χ0v) is 14.5. The first kappa shape index (κ1) is 17.1. The zero-order valence-electron chi connectivity index (χ0n) is 14.5. The fourth-order valence-electron chi connectivity index (χ4n) is 3.14. The maximum absolute atomic E-state index is 12.3. The third-order valence-electron chi connectivity index (χ3n) is 4.53. The molecule has 0 aliphatic carbocycles. The highest BCUT2D eigenvalue weighted by atomic mass is 16.3. The largest absolute Gasteiger partial charge is 0.389 e. The number of β-amino-alcohol motifs (C(OH)–C–C–N with tert-alkyl or cyclic N) is 1. The summed E-state index contributed by atoms with van der Waals surface area (Å²) in [7, 11) is 0. The maximum atomic E-state index is 12.3. The van der Waals surface area contributed by atoms with E-state index in [-0.39, 0.29) is 11.9 Å². The van der Waals surface area contributed by atoms with E-state index >= 15 is 0 Å². The summed E-state index contributed by atoms with van der Waals surface area (Å²) in [5, 5.41) is 25.3. The van der Waals surface area contributed by atoms with E-state index in [9.17, 15) is 9.90 Å². The number of nitrogens with zero attached hydrogens (tertiary/aromatic N) is 6. The molecule has 2 aromatic heterocycles. The minimum absolute atomic E-state index is 0.290. The molecule has 27 heavy (non-hydrogen) atoms. The average molecular weight is 365 g/mol. The minimum atomic E-state index is -0.743. The molecule has 2 atom stereocenters. The molecule has 2 N–H and O–H groups in total. The SMILES string of the molecule is O=C(N[C@@H]1CCN(c2nnnn2-c2ccccc2)C[C@H]1O)c1ccccn1. The number of pyridine rings is 1. The van der Waals surface area contributed by atoms with E-state index < -0.39 is 6.10 Å². The van der Waals surface area contributed by atoms with E-state index in [0.717, 1.165) is 5.69 Å². The molecular weight excluding hydrogens is 346 g/mol. The highest BCUT2D eigenvalue weighted by molar-refractivity contribution is 5.92. The molecule has 1 amide bonds. The number of amides is 1. The minimum Gasteiger partial charge on any atom is -0.389 e. The van der Waals surface area contributed by atoms with E-state index in [1.165, 1.54) is 0 Å². The van der Waals surface area contributed by atoms with E-state index in [0.29, 0.717) is 31.2 Å². The van der Waals surface area contributed by atoms with Crippen LogP contribution in [0.3, 0.4) is 0 Å². The summed E-state index contributed by atoms with van der Waals surface area (Å²) < 4.78 is 1.64. The van der Waals surface area contributed by atoms with Crippen LogP contribution in [0.25, 0.3) is 5.69 Å². The number of piperidine rings is 1. The summed E-state index contributed by atoms with van der Waals surface area (Å²) in [4.78, 5) is 18.2. The van der Waals surface area contributed by atoms with E-state index in [2.05, 4.69) is 25.8 Å². The quantitative estimate of drug-likeness (QED) is 0.690. The number of carbonyl (C=O) groups excluding carboxylic acids is 1. The van der Waals surface area contributed by atoms with Crippen LogP contribution < -0.4 is 10.2 Å². The summed E-state index contributed by atoms with van der Waals surface area (Å²) in [5.74, 6) is 0.275. The number of aliphatic hydroxyl groups is 1. The van der Waals surface area contributed by atoms with Gasteiger partial charge < -0.3 is 15.3 Å². The lowest BCUT2D eigenvalue weighted by molar-refractivity contribution is 0.0792. The first-order chi connectivity index (χ1) is 13.2. The summed E-state index contributed by atoms with van der Waals surface area (Å²) >= 11 is 0. The van der Waals surface area contributed by atoms with Crippen molar-refractivity contribution in [3.05, 3.63) is 60.4 Å². The molecule has 0 radical (unpaired) electrons. The van der Waals surface area contributed by atoms with Crippen LogP contribution in [0.1, 0.15) is 16.9 Å². The lowest BCUT2D eigenvalue weighted by Gasteiger charge is -2.36. The number of anilines is 1. The van der Waals surface area contributed by atoms with E-state index in [1.807, 2.05) is 35.2 Å². The van der Waals surface area contributed by atoms with Crippen LogP contribution in [0.5, 0.6) is 0 Å². The van der Waals surface area contributed by atoms with Crippen LogP contribution in [0.4, 0.5) is 5.95 Å². The molecule has 4 rings (SSSR count). The van der Waals surface area contributed by atoms with Crippen molar-refractivity contribution in [3.8, 4) is 5.69 Å². The Labute approximate surface area is 155 Å². The fourth-order valence-corrected chi connectivity index (χ4v) is 3.14. The van der Waals surface area contributed by atoms with Gasteiger partial charge >= 0.3 is 0 Å². The van der Waals surface area contributed by atoms with Crippen molar-refractivity contribution < 1.29 is 9.90 Å². The molecule has 1 fully saturated rings. The summed E-state index contributed by atoms with van der Waals surface area (Å²) in [6.07, 6.45) is 1.39. The van der Waals surface area contributed by atoms with Gasteiger partial charge in [0.05, 0.1) is 17.8 Å². The van der Waals surface area contributed by atoms with Crippen molar-refractivity contribution in [1.82, 2.24) is 30.5 Å². The van der Waals surface area contributed by atoms with Gasteiger partial charge in [0.2, 0.25) is 5.95 Å². The van der Waals surface area contributed by atoms with Gasteiger partial charge in [-0.3, -0.25) is 9.78 Å². The van der Waals surface area contributed by atoms with Crippen molar-refractivity contribution in [2.75, 3.05) is 18.0 Å². The third-order valence-corrected chi connectivity index (χ3v) is 4.53. The fraction of sp³-hybridized carbons (Fsp3) is 0.278. The van der Waals surface area contributed by atoms with Gasteiger partial charge in [-0.1, -0.05) is 29.4 Å². The molecule has 3 heterocycles. The smallest absolute Gasteiger partial charge is 0.270 e.